The zero-order valence-corrected chi connectivity index (χ0v) is 11.9. The molecule has 1 aromatic rings. The zero-order chi connectivity index (χ0) is 13.1. The molecule has 0 bridgehead atoms. The van der Waals surface area contributed by atoms with Crippen molar-refractivity contribution in [1.82, 2.24) is 0 Å². The molecule has 0 aliphatic heterocycles. The minimum atomic E-state index is -3.19. The van der Waals surface area contributed by atoms with Gasteiger partial charge in [0.05, 0.1) is 16.3 Å². The molecule has 96 valence electrons. The number of rotatable bonds is 5. The molecule has 0 amide bonds. The maximum atomic E-state index is 11.3. The van der Waals surface area contributed by atoms with Crippen molar-refractivity contribution in [2.75, 3.05) is 29.3 Å². The van der Waals surface area contributed by atoms with E-state index in [-0.39, 0.29) is 10.9 Å². The van der Waals surface area contributed by atoms with Crippen LogP contribution in [0.3, 0.4) is 0 Å². The Kier molecular flexibility index (Phi) is 4.70. The van der Waals surface area contributed by atoms with E-state index >= 15 is 0 Å². The third kappa shape index (κ3) is 4.12. The fourth-order valence-corrected chi connectivity index (χ4v) is 2.70. The van der Waals surface area contributed by atoms with Crippen LogP contribution in [0.1, 0.15) is 6.92 Å². The molecule has 0 aliphatic rings. The lowest BCUT2D eigenvalue weighted by Crippen LogP contribution is -2.18. The van der Waals surface area contributed by atoms with E-state index in [2.05, 4.69) is 12.2 Å². The van der Waals surface area contributed by atoms with Crippen LogP contribution in [0, 0.1) is 0 Å². The topological polar surface area (TPSA) is 72.2 Å². The average molecular weight is 274 g/mol. The van der Waals surface area contributed by atoms with Gasteiger partial charge in [0, 0.05) is 18.1 Å². The molecule has 4 nitrogen and oxygen atoms in total. The van der Waals surface area contributed by atoms with E-state index in [4.69, 9.17) is 5.73 Å². The number of nitrogen functional groups attached to an aromatic ring is 1. The third-order valence-corrected chi connectivity index (χ3v) is 4.21. The van der Waals surface area contributed by atoms with Crippen molar-refractivity contribution < 1.29 is 8.42 Å². The number of hydrogen-bond acceptors (Lipinski definition) is 5. The van der Waals surface area contributed by atoms with Crippen molar-refractivity contribution in [2.45, 2.75) is 17.9 Å². The van der Waals surface area contributed by atoms with Crippen LogP contribution in [0.25, 0.3) is 0 Å². The molecule has 0 spiro atoms. The predicted molar refractivity (Wildman–Crippen MR) is 75.4 cm³/mol. The van der Waals surface area contributed by atoms with Crippen molar-refractivity contribution in [1.29, 1.82) is 0 Å². The largest absolute Gasteiger partial charge is 0.397 e. The van der Waals surface area contributed by atoms with Crippen LogP contribution < -0.4 is 11.1 Å². The molecule has 0 fully saturated rings. The van der Waals surface area contributed by atoms with Crippen LogP contribution >= 0.6 is 11.8 Å². The smallest absolute Gasteiger partial charge is 0.175 e. The van der Waals surface area contributed by atoms with Gasteiger partial charge in [-0.15, -0.1) is 0 Å². The Morgan fingerprint density at radius 3 is 2.59 bits per heavy atom. The summed E-state index contributed by atoms with van der Waals surface area (Å²) in [6.07, 6.45) is 3.21. The fourth-order valence-electron chi connectivity index (χ4n) is 1.46. The molecule has 0 aromatic heterocycles. The highest BCUT2D eigenvalue weighted by atomic mass is 32.2. The zero-order valence-electron chi connectivity index (χ0n) is 10.2. The van der Waals surface area contributed by atoms with E-state index in [0.717, 1.165) is 11.4 Å². The van der Waals surface area contributed by atoms with Crippen molar-refractivity contribution in [2.24, 2.45) is 0 Å². The SMILES string of the molecule is CSCC(C)Nc1ccc(S(C)(=O)=O)cc1N. The van der Waals surface area contributed by atoms with Crippen molar-refractivity contribution >= 4 is 33.0 Å². The molecule has 1 aromatic carbocycles. The summed E-state index contributed by atoms with van der Waals surface area (Å²) >= 11 is 1.74. The lowest BCUT2D eigenvalue weighted by molar-refractivity contribution is 0.602. The Balaban J connectivity index is 2.91. The van der Waals surface area contributed by atoms with Gasteiger partial charge in [-0.2, -0.15) is 11.8 Å². The fraction of sp³-hybridized carbons (Fsp3) is 0.455. The summed E-state index contributed by atoms with van der Waals surface area (Å²) in [5, 5.41) is 3.25. The number of benzene rings is 1. The number of nitrogens with two attached hydrogens (primary N) is 1. The van der Waals surface area contributed by atoms with Gasteiger partial charge >= 0.3 is 0 Å². The summed E-state index contributed by atoms with van der Waals surface area (Å²) in [5.41, 5.74) is 7.06. The highest BCUT2D eigenvalue weighted by molar-refractivity contribution is 7.98. The van der Waals surface area contributed by atoms with Crippen molar-refractivity contribution in [3.8, 4) is 0 Å². The summed E-state index contributed by atoms with van der Waals surface area (Å²) in [6, 6.07) is 5.06. The average Bonchev–Trinajstić information content (AvgIpc) is 2.20. The molecule has 0 aliphatic carbocycles. The maximum Gasteiger partial charge on any atom is 0.175 e. The highest BCUT2D eigenvalue weighted by Gasteiger charge is 2.10. The van der Waals surface area contributed by atoms with Crippen LogP contribution in [-0.4, -0.2) is 32.7 Å². The van der Waals surface area contributed by atoms with E-state index in [1.54, 1.807) is 23.9 Å². The predicted octanol–water partition coefficient (Wildman–Crippen LogP) is 1.84. The van der Waals surface area contributed by atoms with Crippen LogP contribution in [0.15, 0.2) is 23.1 Å². The standard InChI is InChI=1S/C11H18N2O2S2/c1-8(7-16-2)13-11-5-4-9(6-10(11)12)17(3,14)15/h4-6,8,13H,7,12H2,1-3H3. The van der Waals surface area contributed by atoms with Gasteiger partial charge in [0.25, 0.3) is 0 Å². The number of nitrogens with one attached hydrogen (secondary N) is 1. The Morgan fingerprint density at radius 1 is 1.47 bits per heavy atom. The third-order valence-electron chi connectivity index (χ3n) is 2.27. The molecule has 0 heterocycles. The quantitative estimate of drug-likeness (QED) is 0.802. The lowest BCUT2D eigenvalue weighted by atomic mass is 10.2. The number of sulfone groups is 1. The minimum absolute atomic E-state index is 0.248. The second-order valence-corrected chi connectivity index (χ2v) is 6.95. The maximum absolute atomic E-state index is 11.3. The van der Waals surface area contributed by atoms with E-state index in [1.807, 2.05) is 6.26 Å². The first-order valence-corrected chi connectivity index (χ1v) is 8.48. The number of hydrogen-bond donors (Lipinski definition) is 2. The number of thioether (sulfide) groups is 1. The van der Waals surface area contributed by atoms with Gasteiger partial charge in [0.2, 0.25) is 0 Å². The van der Waals surface area contributed by atoms with E-state index in [9.17, 15) is 8.42 Å². The first kappa shape index (κ1) is 14.2. The van der Waals surface area contributed by atoms with Gasteiger partial charge in [-0.3, -0.25) is 0 Å². The van der Waals surface area contributed by atoms with Crippen molar-refractivity contribution in [3.05, 3.63) is 18.2 Å². The molecule has 17 heavy (non-hydrogen) atoms. The molecular weight excluding hydrogens is 256 g/mol. The normalized spacial score (nSPS) is 13.4. The Hall–Kier alpha value is -0.880. The molecule has 1 rings (SSSR count). The minimum Gasteiger partial charge on any atom is -0.397 e. The van der Waals surface area contributed by atoms with Gasteiger partial charge < -0.3 is 11.1 Å². The Morgan fingerprint density at radius 2 is 2.12 bits per heavy atom. The molecular formula is C11H18N2O2S2. The summed E-state index contributed by atoms with van der Waals surface area (Å²) < 4.78 is 22.7. The molecule has 0 saturated heterocycles. The van der Waals surface area contributed by atoms with Crippen LogP contribution in [0.4, 0.5) is 11.4 Å². The lowest BCUT2D eigenvalue weighted by Gasteiger charge is -2.16. The number of anilines is 2. The summed E-state index contributed by atoms with van der Waals surface area (Å²) in [6.45, 7) is 2.06. The van der Waals surface area contributed by atoms with E-state index in [0.29, 0.717) is 5.69 Å². The van der Waals surface area contributed by atoms with Gasteiger partial charge in [0.1, 0.15) is 0 Å². The van der Waals surface area contributed by atoms with E-state index < -0.39 is 9.84 Å². The van der Waals surface area contributed by atoms with Gasteiger partial charge in [0.15, 0.2) is 9.84 Å². The molecule has 0 radical (unpaired) electrons. The summed E-state index contributed by atoms with van der Waals surface area (Å²) in [4.78, 5) is 0.248. The second-order valence-electron chi connectivity index (χ2n) is 4.02. The summed E-state index contributed by atoms with van der Waals surface area (Å²) in [7, 11) is -3.19. The monoisotopic (exact) mass is 274 g/mol. The van der Waals surface area contributed by atoms with Gasteiger partial charge in [-0.25, -0.2) is 8.42 Å². The van der Waals surface area contributed by atoms with Crippen molar-refractivity contribution in [3.63, 3.8) is 0 Å². The van der Waals surface area contributed by atoms with Crippen LogP contribution in [-0.2, 0) is 9.84 Å². The molecule has 6 heteroatoms. The first-order valence-electron chi connectivity index (χ1n) is 5.19. The van der Waals surface area contributed by atoms with E-state index in [1.165, 1.54) is 12.3 Å². The van der Waals surface area contributed by atoms with Gasteiger partial charge in [-0.1, -0.05) is 0 Å². The van der Waals surface area contributed by atoms with Crippen LogP contribution in [0.2, 0.25) is 0 Å². The van der Waals surface area contributed by atoms with Crippen LogP contribution in [0.5, 0.6) is 0 Å². The van der Waals surface area contributed by atoms with Gasteiger partial charge in [-0.05, 0) is 31.4 Å². The molecule has 1 atom stereocenters. The summed E-state index contributed by atoms with van der Waals surface area (Å²) in [5.74, 6) is 0.966. The second kappa shape index (κ2) is 5.64. The molecule has 3 N–H and O–H groups in total. The first-order chi connectivity index (χ1) is 7.84. The molecule has 0 saturated carbocycles. The highest BCUT2D eigenvalue weighted by Crippen LogP contribution is 2.23. The Bertz CT molecular complexity index is 486. The Labute approximate surface area is 107 Å². The molecule has 1 unspecified atom stereocenters.